The van der Waals surface area contributed by atoms with Gasteiger partial charge in [0.25, 0.3) is 0 Å². The summed E-state index contributed by atoms with van der Waals surface area (Å²) in [5.74, 6) is 0. The van der Waals surface area contributed by atoms with Gasteiger partial charge in [0.15, 0.2) is 5.13 Å². The summed E-state index contributed by atoms with van der Waals surface area (Å²) in [6, 6.07) is 0. The van der Waals surface area contributed by atoms with Gasteiger partial charge in [0.2, 0.25) is 0 Å². The van der Waals surface area contributed by atoms with E-state index in [9.17, 15) is 0 Å². The Kier molecular flexibility index (Phi) is 7.47. The lowest BCUT2D eigenvalue weighted by Gasteiger charge is -2.26. The molecule has 1 fully saturated rings. The minimum Gasteiger partial charge on any atom is -0.349 e. The summed E-state index contributed by atoms with van der Waals surface area (Å²) in [6.45, 7) is 12.4. The molecule has 0 atom stereocenters. The molecule has 2 heterocycles. The van der Waals surface area contributed by atoms with Crippen LogP contribution in [0.15, 0.2) is 6.20 Å². The number of likely N-dealkylation sites (tertiary alicyclic amines) is 1. The molecule has 1 aliphatic heterocycles. The van der Waals surface area contributed by atoms with Crippen LogP contribution in [-0.2, 0) is 6.54 Å². The van der Waals surface area contributed by atoms with Crippen molar-refractivity contribution < 1.29 is 0 Å². The topological polar surface area (TPSA) is 31.4 Å². The SMILES string of the molecule is CCN(CC)c1ncc(CNCCCN2CCCCC2)s1. The van der Waals surface area contributed by atoms with E-state index in [1.807, 2.05) is 17.5 Å². The van der Waals surface area contributed by atoms with E-state index >= 15 is 0 Å². The molecule has 1 aromatic rings. The average Bonchev–Trinajstić information content (AvgIpc) is 2.98. The maximum Gasteiger partial charge on any atom is 0.185 e. The van der Waals surface area contributed by atoms with Crippen LogP contribution >= 0.6 is 11.3 Å². The highest BCUT2D eigenvalue weighted by Gasteiger charge is 2.09. The second-order valence-corrected chi connectivity index (χ2v) is 6.81. The molecule has 0 bridgehead atoms. The van der Waals surface area contributed by atoms with Crippen LogP contribution in [0.4, 0.5) is 5.13 Å². The van der Waals surface area contributed by atoms with Gasteiger partial charge in [0.05, 0.1) is 0 Å². The van der Waals surface area contributed by atoms with Gasteiger partial charge < -0.3 is 15.1 Å². The first-order valence-corrected chi connectivity index (χ1v) is 9.27. The molecule has 1 N–H and O–H groups in total. The number of hydrogen-bond donors (Lipinski definition) is 1. The normalized spacial score (nSPS) is 16.3. The molecule has 0 spiro atoms. The maximum absolute atomic E-state index is 4.53. The molecule has 21 heavy (non-hydrogen) atoms. The Bertz CT molecular complexity index is 383. The molecule has 4 nitrogen and oxygen atoms in total. The second kappa shape index (κ2) is 9.38. The molecule has 1 aliphatic rings. The van der Waals surface area contributed by atoms with Crippen LogP contribution in [0, 0.1) is 0 Å². The minimum absolute atomic E-state index is 0.957. The summed E-state index contributed by atoms with van der Waals surface area (Å²) in [5.41, 5.74) is 0. The minimum atomic E-state index is 0.957. The standard InChI is InChI=1S/C16H30N4S/c1-3-20(4-2)16-18-14-15(21-16)13-17-9-8-12-19-10-6-5-7-11-19/h14,17H,3-13H2,1-2H3. The molecule has 0 saturated carbocycles. The van der Waals surface area contributed by atoms with E-state index < -0.39 is 0 Å². The zero-order valence-electron chi connectivity index (χ0n) is 13.6. The first-order valence-electron chi connectivity index (χ1n) is 8.46. The first kappa shape index (κ1) is 16.7. The fourth-order valence-electron chi connectivity index (χ4n) is 2.84. The van der Waals surface area contributed by atoms with Crippen molar-refractivity contribution in [2.45, 2.75) is 46.1 Å². The molecule has 5 heteroatoms. The molecule has 0 amide bonds. The third-order valence-corrected chi connectivity index (χ3v) is 5.21. The summed E-state index contributed by atoms with van der Waals surface area (Å²) in [4.78, 5) is 10.8. The van der Waals surface area contributed by atoms with Crippen molar-refractivity contribution in [1.82, 2.24) is 15.2 Å². The molecule has 0 radical (unpaired) electrons. The smallest absolute Gasteiger partial charge is 0.185 e. The number of nitrogens with zero attached hydrogens (tertiary/aromatic N) is 3. The van der Waals surface area contributed by atoms with Crippen LogP contribution in [0.5, 0.6) is 0 Å². The van der Waals surface area contributed by atoms with Crippen molar-refractivity contribution >= 4 is 16.5 Å². The van der Waals surface area contributed by atoms with Crippen LogP contribution in [0.2, 0.25) is 0 Å². The Morgan fingerprint density at radius 2 is 2.00 bits per heavy atom. The van der Waals surface area contributed by atoms with Crippen molar-refractivity contribution in [3.05, 3.63) is 11.1 Å². The Labute approximate surface area is 133 Å². The second-order valence-electron chi connectivity index (χ2n) is 5.71. The molecular weight excluding hydrogens is 280 g/mol. The fourth-order valence-corrected chi connectivity index (χ4v) is 3.85. The van der Waals surface area contributed by atoms with Gasteiger partial charge in [0, 0.05) is 30.7 Å². The van der Waals surface area contributed by atoms with E-state index in [2.05, 4.69) is 33.9 Å². The van der Waals surface area contributed by atoms with Crippen molar-refractivity contribution in [1.29, 1.82) is 0 Å². The van der Waals surface area contributed by atoms with E-state index in [1.54, 1.807) is 0 Å². The molecule has 120 valence electrons. The molecule has 0 aliphatic carbocycles. The number of anilines is 1. The molecule has 2 rings (SSSR count). The van der Waals surface area contributed by atoms with Crippen LogP contribution in [0.25, 0.3) is 0 Å². The molecule has 0 aromatic carbocycles. The fraction of sp³-hybridized carbons (Fsp3) is 0.812. The van der Waals surface area contributed by atoms with Crippen LogP contribution in [-0.4, -0.2) is 49.2 Å². The molecular formula is C16H30N4S. The van der Waals surface area contributed by atoms with Gasteiger partial charge in [-0.2, -0.15) is 0 Å². The highest BCUT2D eigenvalue weighted by atomic mass is 32.1. The Balaban J connectivity index is 1.60. The predicted molar refractivity (Wildman–Crippen MR) is 92.3 cm³/mol. The third kappa shape index (κ3) is 5.57. The van der Waals surface area contributed by atoms with Crippen LogP contribution in [0.3, 0.4) is 0 Å². The number of hydrogen-bond acceptors (Lipinski definition) is 5. The largest absolute Gasteiger partial charge is 0.349 e. The van der Waals surface area contributed by atoms with Crippen molar-refractivity contribution in [2.24, 2.45) is 0 Å². The summed E-state index contributed by atoms with van der Waals surface area (Å²) in [7, 11) is 0. The Morgan fingerprint density at radius 3 is 2.71 bits per heavy atom. The summed E-state index contributed by atoms with van der Waals surface area (Å²) in [6.07, 6.45) is 7.48. The van der Waals surface area contributed by atoms with E-state index in [0.29, 0.717) is 0 Å². The van der Waals surface area contributed by atoms with Crippen molar-refractivity contribution in [3.63, 3.8) is 0 Å². The lowest BCUT2D eigenvalue weighted by molar-refractivity contribution is 0.225. The number of piperidine rings is 1. The Hall–Kier alpha value is -0.650. The molecule has 1 saturated heterocycles. The van der Waals surface area contributed by atoms with E-state index in [0.717, 1.165) is 31.3 Å². The van der Waals surface area contributed by atoms with Gasteiger partial charge in [-0.3, -0.25) is 0 Å². The van der Waals surface area contributed by atoms with Gasteiger partial charge in [-0.05, 0) is 59.3 Å². The lowest BCUT2D eigenvalue weighted by Crippen LogP contribution is -2.32. The Morgan fingerprint density at radius 1 is 1.24 bits per heavy atom. The first-order chi connectivity index (χ1) is 10.3. The van der Waals surface area contributed by atoms with Crippen LogP contribution < -0.4 is 10.2 Å². The van der Waals surface area contributed by atoms with Crippen molar-refractivity contribution in [3.8, 4) is 0 Å². The van der Waals surface area contributed by atoms with Crippen molar-refractivity contribution in [2.75, 3.05) is 44.2 Å². The molecule has 1 aromatic heterocycles. The zero-order chi connectivity index (χ0) is 14.9. The van der Waals surface area contributed by atoms with Crippen LogP contribution in [0.1, 0.15) is 44.4 Å². The highest BCUT2D eigenvalue weighted by Crippen LogP contribution is 2.21. The van der Waals surface area contributed by atoms with Gasteiger partial charge in [-0.25, -0.2) is 4.98 Å². The maximum atomic E-state index is 4.53. The molecule has 0 unspecified atom stereocenters. The number of nitrogens with one attached hydrogen (secondary N) is 1. The lowest BCUT2D eigenvalue weighted by atomic mass is 10.1. The average molecular weight is 311 g/mol. The number of thiazole rings is 1. The monoisotopic (exact) mass is 310 g/mol. The number of aromatic nitrogens is 1. The van der Waals surface area contributed by atoms with Gasteiger partial charge in [-0.1, -0.05) is 6.42 Å². The van der Waals surface area contributed by atoms with Gasteiger partial charge >= 0.3 is 0 Å². The summed E-state index contributed by atoms with van der Waals surface area (Å²) < 4.78 is 0. The van der Waals surface area contributed by atoms with Gasteiger partial charge in [-0.15, -0.1) is 11.3 Å². The third-order valence-electron chi connectivity index (χ3n) is 4.15. The van der Waals surface area contributed by atoms with E-state index in [-0.39, 0.29) is 0 Å². The summed E-state index contributed by atoms with van der Waals surface area (Å²) in [5, 5.41) is 4.71. The summed E-state index contributed by atoms with van der Waals surface area (Å²) >= 11 is 1.82. The van der Waals surface area contributed by atoms with Gasteiger partial charge in [0.1, 0.15) is 0 Å². The quantitative estimate of drug-likeness (QED) is 0.711. The van der Waals surface area contributed by atoms with E-state index in [4.69, 9.17) is 0 Å². The predicted octanol–water partition coefficient (Wildman–Crippen LogP) is 2.95. The number of rotatable bonds is 9. The van der Waals surface area contributed by atoms with E-state index in [1.165, 1.54) is 50.2 Å². The zero-order valence-corrected chi connectivity index (χ0v) is 14.4. The highest BCUT2D eigenvalue weighted by molar-refractivity contribution is 7.15.